The van der Waals surface area contributed by atoms with Crippen molar-refractivity contribution in [2.24, 2.45) is 0 Å². The highest BCUT2D eigenvalue weighted by Gasteiger charge is 1.90. The molecule has 0 saturated heterocycles. The smallest absolute Gasteiger partial charge is 0.107 e. The minimum atomic E-state index is 0.389. The first-order valence-electron chi connectivity index (χ1n) is 5.50. The summed E-state index contributed by atoms with van der Waals surface area (Å²) in [7, 11) is 0. The molecule has 2 heteroatoms. The fraction of sp³-hybridized carbons (Fsp3) is 0.833. The molecule has 0 aromatic heterocycles. The van der Waals surface area contributed by atoms with Gasteiger partial charge in [0, 0.05) is 6.61 Å². The lowest BCUT2D eigenvalue weighted by Gasteiger charge is -2.03. The molecule has 14 heavy (non-hydrogen) atoms. The first-order valence-corrected chi connectivity index (χ1v) is 5.50. The Bertz CT molecular complexity index is 138. The highest BCUT2D eigenvalue weighted by atomic mass is 16.5. The molecule has 0 N–H and O–H groups in total. The molecule has 0 aliphatic carbocycles. The second-order valence-electron chi connectivity index (χ2n) is 3.28. The molecule has 0 aliphatic rings. The summed E-state index contributed by atoms with van der Waals surface area (Å²) in [5.74, 6) is 2.42. The number of unbranched alkanes of at least 4 members (excludes halogenated alkanes) is 4. The maximum atomic E-state index is 5.37. The summed E-state index contributed by atoms with van der Waals surface area (Å²) < 4.78 is 10.4. The van der Waals surface area contributed by atoms with Gasteiger partial charge in [-0.05, 0) is 6.42 Å². The van der Waals surface area contributed by atoms with Gasteiger partial charge in [0.15, 0.2) is 0 Å². The summed E-state index contributed by atoms with van der Waals surface area (Å²) in [5.41, 5.74) is 0. The van der Waals surface area contributed by atoms with Crippen LogP contribution in [0.3, 0.4) is 0 Å². The van der Waals surface area contributed by atoms with Gasteiger partial charge in [0.05, 0.1) is 13.2 Å². The van der Waals surface area contributed by atoms with Gasteiger partial charge in [0.1, 0.15) is 6.61 Å². The van der Waals surface area contributed by atoms with E-state index < -0.39 is 0 Å². The average molecular weight is 198 g/mol. The van der Waals surface area contributed by atoms with E-state index in [0.717, 1.165) is 13.0 Å². The summed E-state index contributed by atoms with van der Waals surface area (Å²) in [6.07, 6.45) is 11.4. The van der Waals surface area contributed by atoms with Crippen molar-refractivity contribution in [2.75, 3.05) is 26.4 Å². The summed E-state index contributed by atoms with van der Waals surface area (Å²) in [6, 6.07) is 0. The molecule has 82 valence electrons. The van der Waals surface area contributed by atoms with Gasteiger partial charge in [0.2, 0.25) is 0 Å². The van der Waals surface area contributed by atoms with Crippen molar-refractivity contribution >= 4 is 0 Å². The van der Waals surface area contributed by atoms with E-state index >= 15 is 0 Å². The molecule has 0 saturated carbocycles. The van der Waals surface area contributed by atoms with Gasteiger partial charge in [-0.3, -0.25) is 0 Å². The lowest BCUT2D eigenvalue weighted by molar-refractivity contribution is 0.0583. The molecular weight excluding hydrogens is 176 g/mol. The monoisotopic (exact) mass is 198 g/mol. The fourth-order valence-electron chi connectivity index (χ4n) is 1.16. The minimum Gasteiger partial charge on any atom is -0.379 e. The molecule has 0 unspecified atom stereocenters. The van der Waals surface area contributed by atoms with Crippen LogP contribution in [0.2, 0.25) is 0 Å². The van der Waals surface area contributed by atoms with Crippen LogP contribution in [0, 0.1) is 12.3 Å². The largest absolute Gasteiger partial charge is 0.379 e. The topological polar surface area (TPSA) is 18.5 Å². The minimum absolute atomic E-state index is 0.389. The van der Waals surface area contributed by atoms with E-state index in [9.17, 15) is 0 Å². The van der Waals surface area contributed by atoms with Crippen molar-refractivity contribution in [2.45, 2.75) is 39.0 Å². The van der Waals surface area contributed by atoms with Crippen molar-refractivity contribution < 1.29 is 9.47 Å². The van der Waals surface area contributed by atoms with E-state index in [-0.39, 0.29) is 0 Å². The van der Waals surface area contributed by atoms with Crippen LogP contribution in [-0.4, -0.2) is 26.4 Å². The molecule has 0 fully saturated rings. The molecule has 0 atom stereocenters. The average Bonchev–Trinajstić information content (AvgIpc) is 2.21. The van der Waals surface area contributed by atoms with Gasteiger partial charge in [0.25, 0.3) is 0 Å². The Labute approximate surface area is 88.0 Å². The van der Waals surface area contributed by atoms with Crippen LogP contribution in [0.4, 0.5) is 0 Å². The Morgan fingerprint density at radius 2 is 1.64 bits per heavy atom. The second-order valence-corrected chi connectivity index (χ2v) is 3.28. The van der Waals surface area contributed by atoms with Gasteiger partial charge >= 0.3 is 0 Å². The van der Waals surface area contributed by atoms with Crippen LogP contribution >= 0.6 is 0 Å². The van der Waals surface area contributed by atoms with Crippen molar-refractivity contribution in [1.82, 2.24) is 0 Å². The molecule has 0 aromatic rings. The van der Waals surface area contributed by atoms with Crippen LogP contribution in [0.25, 0.3) is 0 Å². The van der Waals surface area contributed by atoms with Gasteiger partial charge in [-0.1, -0.05) is 38.5 Å². The summed E-state index contributed by atoms with van der Waals surface area (Å²) in [6.45, 7) is 4.73. The molecule has 0 radical (unpaired) electrons. The fourth-order valence-corrected chi connectivity index (χ4v) is 1.16. The molecular formula is C12H22O2. The molecule has 0 heterocycles. The molecule has 0 aliphatic heterocycles. The predicted octanol–water partition coefficient (Wildman–Crippen LogP) is 2.62. The number of terminal acetylenes is 1. The molecule has 0 rings (SSSR count). The van der Waals surface area contributed by atoms with Crippen LogP contribution in [-0.2, 0) is 9.47 Å². The lowest BCUT2D eigenvalue weighted by Crippen LogP contribution is -2.05. The van der Waals surface area contributed by atoms with Crippen LogP contribution in [0.15, 0.2) is 0 Å². The summed E-state index contributed by atoms with van der Waals surface area (Å²) >= 11 is 0. The Morgan fingerprint density at radius 3 is 2.36 bits per heavy atom. The Morgan fingerprint density at radius 1 is 0.929 bits per heavy atom. The quantitative estimate of drug-likeness (QED) is 0.397. The Hall–Kier alpha value is -0.520. The zero-order valence-corrected chi connectivity index (χ0v) is 9.26. The third-order valence-electron chi connectivity index (χ3n) is 1.95. The molecule has 0 amide bonds. The van der Waals surface area contributed by atoms with E-state index in [2.05, 4.69) is 12.8 Å². The maximum absolute atomic E-state index is 5.37. The highest BCUT2D eigenvalue weighted by Crippen LogP contribution is 2.01. The third-order valence-corrected chi connectivity index (χ3v) is 1.95. The summed E-state index contributed by atoms with van der Waals surface area (Å²) in [4.78, 5) is 0. The first kappa shape index (κ1) is 13.5. The molecule has 2 nitrogen and oxygen atoms in total. The molecule has 0 spiro atoms. The number of rotatable bonds is 10. The molecule has 0 aromatic carbocycles. The van der Waals surface area contributed by atoms with Gasteiger partial charge in [-0.15, -0.1) is 6.42 Å². The van der Waals surface area contributed by atoms with Crippen molar-refractivity contribution in [3.05, 3.63) is 0 Å². The molecule has 0 bridgehead atoms. The van der Waals surface area contributed by atoms with E-state index in [1.807, 2.05) is 0 Å². The predicted molar refractivity (Wildman–Crippen MR) is 59.2 cm³/mol. The lowest BCUT2D eigenvalue weighted by atomic mass is 10.2. The van der Waals surface area contributed by atoms with Gasteiger partial charge < -0.3 is 9.47 Å². The zero-order valence-electron chi connectivity index (χ0n) is 9.26. The van der Waals surface area contributed by atoms with Crippen molar-refractivity contribution in [3.63, 3.8) is 0 Å². The van der Waals surface area contributed by atoms with Gasteiger partial charge in [-0.25, -0.2) is 0 Å². The first-order chi connectivity index (χ1) is 6.91. The van der Waals surface area contributed by atoms with E-state index in [0.29, 0.717) is 19.8 Å². The Balaban J connectivity index is 2.82. The van der Waals surface area contributed by atoms with E-state index in [4.69, 9.17) is 15.9 Å². The van der Waals surface area contributed by atoms with Crippen LogP contribution in [0.5, 0.6) is 0 Å². The van der Waals surface area contributed by atoms with Crippen molar-refractivity contribution in [3.8, 4) is 12.3 Å². The number of hydrogen-bond donors (Lipinski definition) is 0. The Kier molecular flexibility index (Phi) is 12.0. The highest BCUT2D eigenvalue weighted by molar-refractivity contribution is 4.82. The number of hydrogen-bond acceptors (Lipinski definition) is 2. The normalized spacial score (nSPS) is 10.0. The van der Waals surface area contributed by atoms with Crippen molar-refractivity contribution in [1.29, 1.82) is 0 Å². The standard InChI is InChI=1S/C12H22O2/c1-3-5-6-7-8-10-14-12-11-13-9-4-2/h2H,3,5-12H2,1H3. The summed E-state index contributed by atoms with van der Waals surface area (Å²) in [5, 5.41) is 0. The number of ether oxygens (including phenoxy) is 2. The maximum Gasteiger partial charge on any atom is 0.107 e. The SMILES string of the molecule is C#CCOCCOCCCCCCC. The third kappa shape index (κ3) is 11.5. The van der Waals surface area contributed by atoms with Crippen LogP contribution < -0.4 is 0 Å². The zero-order chi connectivity index (χ0) is 10.5. The van der Waals surface area contributed by atoms with E-state index in [1.54, 1.807) is 0 Å². The van der Waals surface area contributed by atoms with Crippen LogP contribution in [0.1, 0.15) is 39.0 Å². The van der Waals surface area contributed by atoms with E-state index in [1.165, 1.54) is 25.7 Å². The second kappa shape index (κ2) is 12.5. The van der Waals surface area contributed by atoms with Gasteiger partial charge in [-0.2, -0.15) is 0 Å².